The number of hydrogen-bond donors (Lipinski definition) is 0. The van der Waals surface area contributed by atoms with Crippen molar-refractivity contribution in [3.63, 3.8) is 0 Å². The van der Waals surface area contributed by atoms with Gasteiger partial charge in [0.05, 0.1) is 0 Å². The summed E-state index contributed by atoms with van der Waals surface area (Å²) in [4.78, 5) is 8.60. The summed E-state index contributed by atoms with van der Waals surface area (Å²) in [7, 11) is 7.83. The molecule has 0 aliphatic rings. The van der Waals surface area contributed by atoms with Crippen LogP contribution in [0.1, 0.15) is 57.2 Å². The maximum atomic E-state index is 9.67. The van der Waals surface area contributed by atoms with E-state index in [9.17, 15) is 5.26 Å². The Morgan fingerprint density at radius 3 is 2.17 bits per heavy atom. The van der Waals surface area contributed by atoms with Crippen molar-refractivity contribution in [1.82, 2.24) is 14.8 Å². The predicted octanol–water partition coefficient (Wildman–Crippen LogP) is 3.44. The molecule has 0 spiro atoms. The van der Waals surface area contributed by atoms with Crippen LogP contribution in [0.25, 0.3) is 0 Å². The molecule has 0 saturated heterocycles. The quantitative estimate of drug-likeness (QED) is 0.683. The molecule has 24 heavy (non-hydrogen) atoms. The molecular weight excluding hydrogens is 300 g/mol. The van der Waals surface area contributed by atoms with Gasteiger partial charge in [0.15, 0.2) is 0 Å². The van der Waals surface area contributed by atoms with Crippen LogP contribution in [-0.2, 0) is 0 Å². The summed E-state index contributed by atoms with van der Waals surface area (Å²) in [5, 5.41) is 9.67. The summed E-state index contributed by atoms with van der Waals surface area (Å²) < 4.78 is 6.19. The van der Waals surface area contributed by atoms with Crippen molar-refractivity contribution in [3.05, 3.63) is 23.5 Å². The highest BCUT2D eigenvalue weighted by Gasteiger charge is 2.28. The van der Waals surface area contributed by atoms with E-state index in [2.05, 4.69) is 38.7 Å². The molecule has 1 aromatic rings. The van der Waals surface area contributed by atoms with Gasteiger partial charge in [0.25, 0.3) is 0 Å². The molecule has 0 radical (unpaired) electrons. The lowest BCUT2D eigenvalue weighted by Gasteiger charge is -2.34. The Bertz CT molecular complexity index is 555. The van der Waals surface area contributed by atoms with Gasteiger partial charge in [-0.15, -0.1) is 0 Å². The minimum atomic E-state index is -0.584. The standard InChI is InChI=1S/C19H32N4O/c1-9-14(4)16-10-17(15(12-21-16)13(2)3)24-18(11-20)19(22(5)6)23(7)8/h10,12-14,18-19H,9H2,1-8H3. The summed E-state index contributed by atoms with van der Waals surface area (Å²) in [6, 6.07) is 4.33. The minimum absolute atomic E-state index is 0.129. The summed E-state index contributed by atoms with van der Waals surface area (Å²) >= 11 is 0. The van der Waals surface area contributed by atoms with Crippen molar-refractivity contribution >= 4 is 0 Å². The zero-order chi connectivity index (χ0) is 18.4. The van der Waals surface area contributed by atoms with Crippen LogP contribution in [0.2, 0.25) is 0 Å². The van der Waals surface area contributed by atoms with Gasteiger partial charge in [-0.1, -0.05) is 27.7 Å². The van der Waals surface area contributed by atoms with Crippen molar-refractivity contribution in [1.29, 1.82) is 5.26 Å². The topological polar surface area (TPSA) is 52.4 Å². The van der Waals surface area contributed by atoms with E-state index in [1.54, 1.807) is 0 Å². The highest BCUT2D eigenvalue weighted by Crippen LogP contribution is 2.30. The first-order chi connectivity index (χ1) is 11.2. The molecular formula is C19H32N4O. The smallest absolute Gasteiger partial charge is 0.212 e. The Morgan fingerprint density at radius 2 is 1.75 bits per heavy atom. The SMILES string of the molecule is CCC(C)c1cc(OC(C#N)C(N(C)C)N(C)C)c(C(C)C)cn1. The second kappa shape index (κ2) is 9.00. The van der Waals surface area contributed by atoms with E-state index in [-0.39, 0.29) is 12.1 Å². The molecule has 0 fully saturated rings. The van der Waals surface area contributed by atoms with E-state index in [1.165, 1.54) is 0 Å². The largest absolute Gasteiger partial charge is 0.472 e. The van der Waals surface area contributed by atoms with Gasteiger partial charge < -0.3 is 4.74 Å². The molecule has 0 saturated carbocycles. The molecule has 5 nitrogen and oxygen atoms in total. The molecule has 0 bridgehead atoms. The number of aromatic nitrogens is 1. The van der Waals surface area contributed by atoms with Gasteiger partial charge in [-0.25, -0.2) is 0 Å². The first-order valence-corrected chi connectivity index (χ1v) is 8.61. The first kappa shape index (κ1) is 20.4. The minimum Gasteiger partial charge on any atom is -0.472 e. The molecule has 1 rings (SSSR count). The number of pyridine rings is 1. The van der Waals surface area contributed by atoms with E-state index in [0.29, 0.717) is 5.92 Å². The lowest BCUT2D eigenvalue weighted by molar-refractivity contribution is 0.0401. The van der Waals surface area contributed by atoms with E-state index in [4.69, 9.17) is 4.74 Å². The normalized spacial score (nSPS) is 14.3. The molecule has 1 aromatic heterocycles. The Balaban J connectivity index is 3.24. The average molecular weight is 332 g/mol. The molecule has 134 valence electrons. The molecule has 5 heteroatoms. The van der Waals surface area contributed by atoms with Gasteiger partial charge in [0.1, 0.15) is 18.0 Å². The monoisotopic (exact) mass is 332 g/mol. The second-order valence-electron chi connectivity index (χ2n) is 7.12. The molecule has 2 unspecified atom stereocenters. The first-order valence-electron chi connectivity index (χ1n) is 8.61. The van der Waals surface area contributed by atoms with Gasteiger partial charge in [0.2, 0.25) is 6.10 Å². The fourth-order valence-corrected chi connectivity index (χ4v) is 2.77. The third kappa shape index (κ3) is 4.93. The van der Waals surface area contributed by atoms with Crippen LogP contribution in [0.4, 0.5) is 0 Å². The van der Waals surface area contributed by atoms with Crippen molar-refractivity contribution in [3.8, 4) is 11.8 Å². The second-order valence-corrected chi connectivity index (χ2v) is 7.12. The number of nitrogens with zero attached hydrogens (tertiary/aromatic N) is 4. The van der Waals surface area contributed by atoms with E-state index in [1.807, 2.05) is 50.3 Å². The van der Waals surface area contributed by atoms with Crippen LogP contribution in [0.3, 0.4) is 0 Å². The fraction of sp³-hybridized carbons (Fsp3) is 0.684. The van der Waals surface area contributed by atoms with Gasteiger partial charge in [0, 0.05) is 23.5 Å². The number of nitriles is 1. The Hall–Kier alpha value is -1.64. The van der Waals surface area contributed by atoms with Crippen molar-refractivity contribution in [2.45, 2.75) is 58.2 Å². The molecule has 0 amide bonds. The van der Waals surface area contributed by atoms with Crippen LogP contribution >= 0.6 is 0 Å². The number of ether oxygens (including phenoxy) is 1. The molecule has 0 aliphatic carbocycles. The maximum Gasteiger partial charge on any atom is 0.212 e. The van der Waals surface area contributed by atoms with Gasteiger partial charge in [-0.05, 0) is 46.4 Å². The number of rotatable bonds is 8. The number of likely N-dealkylation sites (N-methyl/N-ethyl adjacent to an activating group) is 2. The van der Waals surface area contributed by atoms with Crippen LogP contribution < -0.4 is 4.74 Å². The third-order valence-corrected chi connectivity index (χ3v) is 4.37. The zero-order valence-corrected chi connectivity index (χ0v) is 16.4. The van der Waals surface area contributed by atoms with Crippen LogP contribution in [0, 0.1) is 11.3 Å². The van der Waals surface area contributed by atoms with Crippen molar-refractivity contribution in [2.75, 3.05) is 28.2 Å². The summed E-state index contributed by atoms with van der Waals surface area (Å²) in [5.74, 6) is 1.43. The highest BCUT2D eigenvalue weighted by atomic mass is 16.5. The van der Waals surface area contributed by atoms with Gasteiger partial charge in [-0.2, -0.15) is 5.26 Å². The predicted molar refractivity (Wildman–Crippen MR) is 98.2 cm³/mol. The van der Waals surface area contributed by atoms with Crippen LogP contribution in [0.15, 0.2) is 12.3 Å². The van der Waals surface area contributed by atoms with Crippen molar-refractivity contribution < 1.29 is 4.74 Å². The highest BCUT2D eigenvalue weighted by molar-refractivity contribution is 5.37. The Kier molecular flexibility index (Phi) is 7.65. The fourth-order valence-electron chi connectivity index (χ4n) is 2.77. The zero-order valence-electron chi connectivity index (χ0n) is 16.4. The molecule has 0 N–H and O–H groups in total. The lowest BCUT2D eigenvalue weighted by Crippen LogP contribution is -2.50. The van der Waals surface area contributed by atoms with Crippen LogP contribution in [0.5, 0.6) is 5.75 Å². The maximum absolute atomic E-state index is 9.67. The summed E-state index contributed by atoms with van der Waals surface area (Å²) in [6.07, 6.45) is 2.21. The molecule has 0 aliphatic heterocycles. The Morgan fingerprint density at radius 1 is 1.17 bits per heavy atom. The summed E-state index contributed by atoms with van der Waals surface area (Å²) in [6.45, 7) is 8.54. The van der Waals surface area contributed by atoms with E-state index in [0.717, 1.165) is 23.4 Å². The van der Waals surface area contributed by atoms with Gasteiger partial charge >= 0.3 is 0 Å². The van der Waals surface area contributed by atoms with Crippen molar-refractivity contribution in [2.24, 2.45) is 0 Å². The molecule has 1 heterocycles. The van der Waals surface area contributed by atoms with Crippen LogP contribution in [-0.4, -0.2) is 55.2 Å². The number of hydrogen-bond acceptors (Lipinski definition) is 5. The Labute approximate surface area is 147 Å². The average Bonchev–Trinajstić information content (AvgIpc) is 2.52. The van der Waals surface area contributed by atoms with E-state index >= 15 is 0 Å². The molecule has 2 atom stereocenters. The molecule has 0 aromatic carbocycles. The lowest BCUT2D eigenvalue weighted by atomic mass is 9.99. The van der Waals surface area contributed by atoms with E-state index < -0.39 is 6.10 Å². The summed E-state index contributed by atoms with van der Waals surface area (Å²) in [5.41, 5.74) is 2.05. The third-order valence-electron chi connectivity index (χ3n) is 4.37. The van der Waals surface area contributed by atoms with Gasteiger partial charge in [-0.3, -0.25) is 14.8 Å².